The molecule has 2 heterocycles. The molecule has 1 aromatic carbocycles. The van der Waals surface area contributed by atoms with E-state index in [1.54, 1.807) is 25.1 Å². The molecule has 3 rings (SSSR count). The molecule has 0 saturated carbocycles. The van der Waals surface area contributed by atoms with Gasteiger partial charge in [-0.15, -0.1) is 11.3 Å². The number of ether oxygens (including phenoxy) is 3. The SMILES string of the molecule is CCOC(=O)C1C=[N+](c2ccc(OC)c(OC)c2)C(=O)N(Cc2scc(C)c2Cl)C1=O. The third kappa shape index (κ3) is 4.42. The van der Waals surface area contributed by atoms with Gasteiger partial charge in [-0.1, -0.05) is 11.6 Å². The summed E-state index contributed by atoms with van der Waals surface area (Å²) in [6.07, 6.45) is 1.27. The highest BCUT2D eigenvalue weighted by molar-refractivity contribution is 7.10. The van der Waals surface area contributed by atoms with E-state index in [9.17, 15) is 14.4 Å². The van der Waals surface area contributed by atoms with Gasteiger partial charge in [0, 0.05) is 6.07 Å². The predicted octanol–water partition coefficient (Wildman–Crippen LogP) is 3.78. The number of thiophene rings is 1. The van der Waals surface area contributed by atoms with E-state index in [0.717, 1.165) is 10.5 Å². The third-order valence-electron chi connectivity index (χ3n) is 4.72. The highest BCUT2D eigenvalue weighted by Crippen LogP contribution is 2.33. The molecule has 0 spiro atoms. The van der Waals surface area contributed by atoms with Crippen LogP contribution < -0.4 is 9.47 Å². The first kappa shape index (κ1) is 22.8. The van der Waals surface area contributed by atoms with Gasteiger partial charge in [0.05, 0.1) is 30.7 Å². The van der Waals surface area contributed by atoms with Gasteiger partial charge in [-0.2, -0.15) is 14.3 Å². The number of amides is 3. The number of imide groups is 1. The van der Waals surface area contributed by atoms with Crippen LogP contribution in [-0.4, -0.2) is 54.4 Å². The fourth-order valence-corrected chi connectivity index (χ4v) is 4.33. The van der Waals surface area contributed by atoms with E-state index >= 15 is 0 Å². The Morgan fingerprint density at radius 1 is 1.23 bits per heavy atom. The molecule has 1 aliphatic rings. The highest BCUT2D eigenvalue weighted by atomic mass is 35.5. The Bertz CT molecular complexity index is 1060. The number of urea groups is 1. The zero-order valence-corrected chi connectivity index (χ0v) is 19.1. The largest absolute Gasteiger partial charge is 0.505 e. The number of nitrogens with zero attached hydrogens (tertiary/aromatic N) is 2. The third-order valence-corrected chi connectivity index (χ3v) is 6.45. The summed E-state index contributed by atoms with van der Waals surface area (Å²) in [7, 11) is 2.97. The van der Waals surface area contributed by atoms with E-state index in [0.29, 0.717) is 27.1 Å². The molecule has 2 aromatic rings. The first-order valence-electron chi connectivity index (χ1n) is 9.43. The van der Waals surface area contributed by atoms with Crippen LogP contribution in [-0.2, 0) is 20.9 Å². The molecule has 1 aliphatic heterocycles. The van der Waals surface area contributed by atoms with Gasteiger partial charge >= 0.3 is 17.9 Å². The number of carbonyl (C=O) groups excluding carboxylic acids is 3. The Balaban J connectivity index is 2.07. The molecule has 0 aliphatic carbocycles. The van der Waals surface area contributed by atoms with Crippen LogP contribution in [0.4, 0.5) is 10.5 Å². The molecule has 1 atom stereocenters. The molecule has 0 fully saturated rings. The summed E-state index contributed by atoms with van der Waals surface area (Å²) in [5.74, 6) is -1.79. The molecule has 0 N–H and O–H groups in total. The first-order chi connectivity index (χ1) is 14.8. The van der Waals surface area contributed by atoms with Crippen molar-refractivity contribution in [2.45, 2.75) is 20.4 Å². The van der Waals surface area contributed by atoms with Crippen molar-refractivity contribution in [2.75, 3.05) is 20.8 Å². The van der Waals surface area contributed by atoms with Crippen molar-refractivity contribution in [3.8, 4) is 11.5 Å². The van der Waals surface area contributed by atoms with E-state index in [4.69, 9.17) is 25.8 Å². The number of hydrogen-bond acceptors (Lipinski definition) is 7. The number of halogens is 1. The maximum atomic E-state index is 13.3. The summed E-state index contributed by atoms with van der Waals surface area (Å²) in [4.78, 5) is 40.5. The van der Waals surface area contributed by atoms with Crippen molar-refractivity contribution < 1.29 is 33.2 Å². The van der Waals surface area contributed by atoms with Crippen LogP contribution in [0.1, 0.15) is 17.4 Å². The molecular weight excluding hydrogens is 444 g/mol. The number of aryl methyl sites for hydroxylation is 1. The average molecular weight is 466 g/mol. The molecule has 8 nitrogen and oxygen atoms in total. The van der Waals surface area contributed by atoms with Crippen LogP contribution in [0.3, 0.4) is 0 Å². The molecule has 1 unspecified atom stereocenters. The van der Waals surface area contributed by atoms with Gasteiger partial charge in [0.15, 0.2) is 11.5 Å². The van der Waals surface area contributed by atoms with E-state index in [-0.39, 0.29) is 13.2 Å². The molecule has 1 aromatic heterocycles. The van der Waals surface area contributed by atoms with E-state index < -0.39 is 23.8 Å². The van der Waals surface area contributed by atoms with Crippen molar-refractivity contribution in [3.05, 3.63) is 39.0 Å². The van der Waals surface area contributed by atoms with Gasteiger partial charge in [0.25, 0.3) is 0 Å². The topological polar surface area (TPSA) is 85.2 Å². The normalized spacial score (nSPS) is 16.2. The molecular formula is C21H22ClN2O6S+. The van der Waals surface area contributed by atoms with Crippen LogP contribution in [0.5, 0.6) is 11.5 Å². The van der Waals surface area contributed by atoms with Crippen molar-refractivity contribution in [2.24, 2.45) is 5.92 Å². The minimum atomic E-state index is -1.27. The van der Waals surface area contributed by atoms with Gasteiger partial charge in [-0.25, -0.2) is 4.79 Å². The van der Waals surface area contributed by atoms with E-state index in [2.05, 4.69) is 0 Å². The lowest BCUT2D eigenvalue weighted by atomic mass is 10.1. The fraction of sp³-hybridized carbons (Fsp3) is 0.333. The second-order valence-corrected chi connectivity index (χ2v) is 7.99. The number of rotatable bonds is 7. The first-order valence-corrected chi connectivity index (χ1v) is 10.7. The van der Waals surface area contributed by atoms with Crippen molar-refractivity contribution in [3.63, 3.8) is 0 Å². The Hall–Kier alpha value is -2.91. The predicted molar refractivity (Wildman–Crippen MR) is 116 cm³/mol. The average Bonchev–Trinajstić information content (AvgIpc) is 3.08. The maximum Gasteiger partial charge on any atom is 0.505 e. The Morgan fingerprint density at radius 3 is 2.52 bits per heavy atom. The van der Waals surface area contributed by atoms with Gasteiger partial charge in [-0.3, -0.25) is 4.79 Å². The zero-order valence-electron chi connectivity index (χ0n) is 17.5. The van der Waals surface area contributed by atoms with Gasteiger partial charge < -0.3 is 14.2 Å². The number of carbonyl (C=O) groups is 3. The van der Waals surface area contributed by atoms with Crippen LogP contribution in [0.2, 0.25) is 5.02 Å². The Kier molecular flexibility index (Phi) is 6.97. The second kappa shape index (κ2) is 9.49. The lowest BCUT2D eigenvalue weighted by molar-refractivity contribution is -0.344. The molecule has 0 bridgehead atoms. The molecule has 0 saturated heterocycles. The lowest BCUT2D eigenvalue weighted by Gasteiger charge is -2.22. The van der Waals surface area contributed by atoms with Crippen molar-refractivity contribution in [1.29, 1.82) is 0 Å². The summed E-state index contributed by atoms with van der Waals surface area (Å²) in [5, 5.41) is 2.34. The smallest absolute Gasteiger partial charge is 0.493 e. The van der Waals surface area contributed by atoms with Crippen LogP contribution >= 0.6 is 22.9 Å². The zero-order chi connectivity index (χ0) is 22.7. The van der Waals surface area contributed by atoms with Gasteiger partial charge in [0.2, 0.25) is 5.92 Å². The molecule has 164 valence electrons. The monoisotopic (exact) mass is 465 g/mol. The minimum absolute atomic E-state index is 0.0530. The quantitative estimate of drug-likeness (QED) is 0.351. The summed E-state index contributed by atoms with van der Waals surface area (Å²) in [6, 6.07) is 4.24. The Morgan fingerprint density at radius 2 is 1.94 bits per heavy atom. The summed E-state index contributed by atoms with van der Waals surface area (Å²) < 4.78 is 16.8. The van der Waals surface area contributed by atoms with Crippen molar-refractivity contribution in [1.82, 2.24) is 4.90 Å². The molecule has 31 heavy (non-hydrogen) atoms. The second-order valence-electron chi connectivity index (χ2n) is 6.65. The Labute approximate surface area is 188 Å². The number of benzene rings is 1. The highest BCUT2D eigenvalue weighted by Gasteiger charge is 2.48. The summed E-state index contributed by atoms with van der Waals surface area (Å²) >= 11 is 7.66. The van der Waals surface area contributed by atoms with Crippen LogP contribution in [0, 0.1) is 12.8 Å². The molecule has 3 amide bonds. The number of hydrogen-bond donors (Lipinski definition) is 0. The van der Waals surface area contributed by atoms with E-state index in [1.807, 2.05) is 12.3 Å². The fourth-order valence-electron chi connectivity index (χ4n) is 3.11. The summed E-state index contributed by atoms with van der Waals surface area (Å²) in [5.41, 5.74) is 1.26. The molecule has 10 heteroatoms. The number of esters is 1. The van der Waals surface area contributed by atoms with Gasteiger partial charge in [0.1, 0.15) is 18.4 Å². The van der Waals surface area contributed by atoms with Gasteiger partial charge in [-0.05, 0) is 36.9 Å². The minimum Gasteiger partial charge on any atom is -0.493 e. The van der Waals surface area contributed by atoms with E-state index in [1.165, 1.54) is 36.3 Å². The standard InChI is InChI=1S/C21H22ClN2O6S/c1-5-30-20(26)14-9-23(13-6-7-15(28-3)16(8-13)29-4)21(27)24(19(14)25)10-17-18(22)12(2)11-31-17/h6-9,11,14H,5,10H2,1-4H3/q+1. The number of methoxy groups -OCH3 is 2. The van der Waals surface area contributed by atoms with Crippen molar-refractivity contribution >= 4 is 52.7 Å². The maximum absolute atomic E-state index is 13.3. The lowest BCUT2D eigenvalue weighted by Crippen LogP contribution is -2.51. The summed E-state index contributed by atoms with van der Waals surface area (Å²) in [6.45, 7) is 3.54. The van der Waals surface area contributed by atoms with Crippen LogP contribution in [0.25, 0.3) is 0 Å². The van der Waals surface area contributed by atoms with Crippen LogP contribution in [0.15, 0.2) is 23.6 Å². The molecule has 0 radical (unpaired) electrons.